The molecule has 3 heterocycles. The van der Waals surface area contributed by atoms with E-state index in [9.17, 15) is 15.0 Å². The summed E-state index contributed by atoms with van der Waals surface area (Å²) in [7, 11) is 0. The standard InChI is InChI=1S/C16H25N4O4P/c1-9-18-13-11(14(22)19-9)17-8-20(13)15-16(2,23)12(21)10(24-15)6-7-25(3,4)5/h8,10,12,15,21,23H,3,6-7H2,1-2,4-5H3,(H,18,19,22)/t10?,12-,15-,16+/m1/s1. The number of ether oxygens (including phenoxy) is 1. The van der Waals surface area contributed by atoms with E-state index in [2.05, 4.69) is 34.6 Å². The van der Waals surface area contributed by atoms with Gasteiger partial charge in [-0.25, -0.2) is 9.97 Å². The molecule has 3 N–H and O–H groups in total. The second-order valence-corrected chi connectivity index (χ2v) is 11.9. The molecule has 0 bridgehead atoms. The third-order valence-electron chi connectivity index (χ3n) is 4.58. The van der Waals surface area contributed by atoms with Crippen molar-refractivity contribution < 1.29 is 14.9 Å². The summed E-state index contributed by atoms with van der Waals surface area (Å²) < 4.78 is 7.50. The summed E-state index contributed by atoms with van der Waals surface area (Å²) in [6, 6.07) is 0. The summed E-state index contributed by atoms with van der Waals surface area (Å²) in [5.41, 5.74) is -1.38. The van der Waals surface area contributed by atoms with Gasteiger partial charge in [0.1, 0.15) is 17.5 Å². The number of aliphatic hydroxyl groups is 2. The molecule has 4 atom stereocenters. The maximum atomic E-state index is 12.0. The van der Waals surface area contributed by atoms with Crippen LogP contribution in [0.5, 0.6) is 0 Å². The fourth-order valence-corrected chi connectivity index (χ4v) is 4.11. The zero-order valence-electron chi connectivity index (χ0n) is 14.9. The monoisotopic (exact) mass is 368 g/mol. The number of H-pyrrole nitrogens is 1. The first-order valence-electron chi connectivity index (χ1n) is 8.17. The molecule has 1 aliphatic heterocycles. The Bertz CT molecular complexity index is 897. The number of aromatic nitrogens is 4. The van der Waals surface area contributed by atoms with Crippen molar-refractivity contribution in [3.05, 3.63) is 22.5 Å². The molecule has 8 nitrogen and oxygen atoms in total. The van der Waals surface area contributed by atoms with Crippen LogP contribution in [0.4, 0.5) is 0 Å². The van der Waals surface area contributed by atoms with Crippen LogP contribution in [0.15, 0.2) is 11.1 Å². The van der Waals surface area contributed by atoms with Crippen molar-refractivity contribution in [2.75, 3.05) is 19.5 Å². The fraction of sp³-hybridized carbons (Fsp3) is 0.625. The van der Waals surface area contributed by atoms with Crippen LogP contribution < -0.4 is 5.56 Å². The van der Waals surface area contributed by atoms with Gasteiger partial charge >= 0.3 is 0 Å². The van der Waals surface area contributed by atoms with Crippen LogP contribution in [0.1, 0.15) is 25.4 Å². The molecular formula is C16H25N4O4P. The SMILES string of the molecule is C=P(C)(C)CCC1O[C@@H](n2cnc3c(=O)[nH]c(C)nc32)[C@@](C)(O)[C@@H]1O. The van der Waals surface area contributed by atoms with Gasteiger partial charge in [0.2, 0.25) is 0 Å². The van der Waals surface area contributed by atoms with E-state index in [1.54, 1.807) is 6.92 Å². The van der Waals surface area contributed by atoms with Crippen molar-refractivity contribution in [2.24, 2.45) is 0 Å². The molecular weight excluding hydrogens is 343 g/mol. The van der Waals surface area contributed by atoms with Gasteiger partial charge in [0, 0.05) is 0 Å². The average Bonchev–Trinajstić information content (AvgIpc) is 2.97. The molecule has 0 spiro atoms. The molecule has 0 aliphatic carbocycles. The second-order valence-electron chi connectivity index (χ2n) is 7.62. The van der Waals surface area contributed by atoms with Gasteiger partial charge in [0.25, 0.3) is 5.56 Å². The first-order valence-corrected chi connectivity index (χ1v) is 11.2. The van der Waals surface area contributed by atoms with Crippen molar-refractivity contribution >= 4 is 24.3 Å². The highest BCUT2D eigenvalue weighted by molar-refractivity contribution is 7.72. The smallest absolute Gasteiger partial charge is 0.279 e. The van der Waals surface area contributed by atoms with E-state index in [4.69, 9.17) is 4.74 Å². The van der Waals surface area contributed by atoms with E-state index in [1.807, 2.05) is 0 Å². The van der Waals surface area contributed by atoms with E-state index in [0.717, 1.165) is 6.16 Å². The normalized spacial score (nSPS) is 30.2. The third-order valence-corrected chi connectivity index (χ3v) is 6.05. The van der Waals surface area contributed by atoms with Crippen LogP contribution in [0.25, 0.3) is 11.2 Å². The summed E-state index contributed by atoms with van der Waals surface area (Å²) in [5.74, 6) is 0.442. The Morgan fingerprint density at radius 2 is 2.20 bits per heavy atom. The van der Waals surface area contributed by atoms with Crippen LogP contribution in [0, 0.1) is 6.92 Å². The molecule has 3 rings (SSSR count). The highest BCUT2D eigenvalue weighted by atomic mass is 31.2. The van der Waals surface area contributed by atoms with Crippen molar-refractivity contribution in [1.82, 2.24) is 19.5 Å². The molecule has 2 aromatic rings. The van der Waals surface area contributed by atoms with Crippen LogP contribution in [-0.4, -0.2) is 73.3 Å². The van der Waals surface area contributed by atoms with E-state index >= 15 is 0 Å². The Kier molecular flexibility index (Phi) is 4.44. The number of hydrogen-bond acceptors (Lipinski definition) is 6. The molecule has 2 aromatic heterocycles. The topological polar surface area (TPSA) is 113 Å². The third kappa shape index (κ3) is 3.31. The number of aryl methyl sites for hydroxylation is 1. The quantitative estimate of drug-likeness (QED) is 0.679. The number of rotatable bonds is 4. The van der Waals surface area contributed by atoms with E-state index < -0.39 is 30.9 Å². The van der Waals surface area contributed by atoms with Gasteiger partial charge in [-0.05, 0) is 39.8 Å². The van der Waals surface area contributed by atoms with Gasteiger partial charge in [-0.15, -0.1) is 13.2 Å². The number of fused-ring (bicyclic) bond motifs is 1. The highest BCUT2D eigenvalue weighted by Crippen LogP contribution is 2.43. The summed E-state index contributed by atoms with van der Waals surface area (Å²) in [6.45, 7) is 6.16. The number of nitrogens with one attached hydrogen (secondary N) is 1. The Morgan fingerprint density at radius 3 is 2.84 bits per heavy atom. The Hall–Kier alpha value is -1.47. The summed E-state index contributed by atoms with van der Waals surface area (Å²) in [4.78, 5) is 23.0. The zero-order valence-corrected chi connectivity index (χ0v) is 15.8. The molecule has 0 amide bonds. The van der Waals surface area contributed by atoms with Gasteiger partial charge in [0.15, 0.2) is 17.4 Å². The zero-order chi connectivity index (χ0) is 18.6. The number of aliphatic hydroxyl groups excluding tert-OH is 1. The number of hydrogen-bond donors (Lipinski definition) is 3. The van der Waals surface area contributed by atoms with Gasteiger partial charge in [-0.1, -0.05) is 0 Å². The average molecular weight is 368 g/mol. The maximum absolute atomic E-state index is 12.0. The van der Waals surface area contributed by atoms with Gasteiger partial charge in [-0.2, -0.15) is 0 Å². The molecule has 138 valence electrons. The van der Waals surface area contributed by atoms with Crippen LogP contribution in [-0.2, 0) is 4.74 Å². The summed E-state index contributed by atoms with van der Waals surface area (Å²) >= 11 is 0. The van der Waals surface area contributed by atoms with Gasteiger partial charge in [0.05, 0.1) is 12.4 Å². The highest BCUT2D eigenvalue weighted by Gasteiger charge is 2.53. The first-order chi connectivity index (χ1) is 11.5. The molecule has 1 fully saturated rings. The largest absolute Gasteiger partial charge is 0.387 e. The minimum atomic E-state index is -1.53. The number of aromatic amines is 1. The molecule has 0 saturated carbocycles. The Labute approximate surface area is 145 Å². The summed E-state index contributed by atoms with van der Waals surface area (Å²) in [5, 5.41) is 21.4. The Morgan fingerprint density at radius 1 is 1.52 bits per heavy atom. The molecule has 1 unspecified atom stereocenters. The lowest BCUT2D eigenvalue weighted by Gasteiger charge is -2.27. The van der Waals surface area contributed by atoms with E-state index in [0.29, 0.717) is 17.9 Å². The van der Waals surface area contributed by atoms with E-state index in [1.165, 1.54) is 17.8 Å². The lowest BCUT2D eigenvalue weighted by molar-refractivity contribution is -0.0939. The summed E-state index contributed by atoms with van der Waals surface area (Å²) in [6.07, 6.45) is 4.60. The molecule has 1 aliphatic rings. The van der Waals surface area contributed by atoms with Crippen molar-refractivity contribution in [3.63, 3.8) is 0 Å². The van der Waals surface area contributed by atoms with Gasteiger partial charge in [-0.3, -0.25) is 9.36 Å². The van der Waals surface area contributed by atoms with Gasteiger partial charge < -0.3 is 19.9 Å². The molecule has 1 saturated heterocycles. The fourth-order valence-electron chi connectivity index (χ4n) is 3.16. The van der Waals surface area contributed by atoms with Crippen molar-refractivity contribution in [2.45, 2.75) is 44.3 Å². The lowest BCUT2D eigenvalue weighted by atomic mass is 9.95. The molecule has 0 aromatic carbocycles. The van der Waals surface area contributed by atoms with Crippen LogP contribution in [0.3, 0.4) is 0 Å². The number of nitrogens with zero attached hydrogens (tertiary/aromatic N) is 3. The van der Waals surface area contributed by atoms with Crippen molar-refractivity contribution in [3.8, 4) is 0 Å². The molecule has 25 heavy (non-hydrogen) atoms. The molecule has 9 heteroatoms. The minimum Gasteiger partial charge on any atom is -0.387 e. The Balaban J connectivity index is 1.97. The first kappa shape index (κ1) is 18.3. The number of imidazole rings is 1. The second kappa shape index (κ2) is 6.06. The van der Waals surface area contributed by atoms with Crippen molar-refractivity contribution in [1.29, 1.82) is 0 Å². The van der Waals surface area contributed by atoms with E-state index in [-0.39, 0.29) is 11.1 Å². The predicted molar refractivity (Wildman–Crippen MR) is 98.8 cm³/mol. The minimum absolute atomic E-state index is 0.174. The lowest BCUT2D eigenvalue weighted by Crippen LogP contribution is -2.43. The predicted octanol–water partition coefficient (Wildman–Crippen LogP) is 0.537. The van der Waals surface area contributed by atoms with Crippen LogP contribution >= 0.6 is 6.89 Å². The molecule has 0 radical (unpaired) electrons. The maximum Gasteiger partial charge on any atom is 0.279 e. The van der Waals surface area contributed by atoms with Crippen LogP contribution in [0.2, 0.25) is 0 Å².